The molecule has 1 aromatic rings. The second-order valence-electron chi connectivity index (χ2n) is 4.00. The smallest absolute Gasteiger partial charge is 0.223 e. The molecule has 4 heteroatoms. The first-order valence-corrected chi connectivity index (χ1v) is 5.52. The van der Waals surface area contributed by atoms with Gasteiger partial charge >= 0.3 is 0 Å². The van der Waals surface area contributed by atoms with E-state index in [0.717, 1.165) is 17.7 Å². The molecule has 88 valence electrons. The molecular weight excluding hydrogens is 202 g/mol. The standard InChI is InChI=1S/C12H19N3O/c1-9(5-6-13)12(16)15-8-11-4-3-10(2)14-7-11/h3-4,7,9H,5-6,8,13H2,1-2H3,(H,15,16). The number of nitrogens with zero attached hydrogens (tertiary/aromatic N) is 1. The van der Waals surface area contributed by atoms with Gasteiger partial charge in [0.1, 0.15) is 0 Å². The minimum atomic E-state index is -0.0246. The quantitative estimate of drug-likeness (QED) is 0.779. The molecule has 0 saturated heterocycles. The highest BCUT2D eigenvalue weighted by Gasteiger charge is 2.10. The van der Waals surface area contributed by atoms with Crippen LogP contribution in [0, 0.1) is 12.8 Å². The van der Waals surface area contributed by atoms with Gasteiger partial charge in [-0.25, -0.2) is 0 Å². The number of carbonyl (C=O) groups is 1. The van der Waals surface area contributed by atoms with E-state index in [2.05, 4.69) is 10.3 Å². The first-order valence-electron chi connectivity index (χ1n) is 5.52. The Labute approximate surface area is 96.3 Å². The molecule has 0 fully saturated rings. The van der Waals surface area contributed by atoms with Gasteiger partial charge in [0.25, 0.3) is 0 Å². The highest BCUT2D eigenvalue weighted by atomic mass is 16.1. The fourth-order valence-corrected chi connectivity index (χ4v) is 1.35. The summed E-state index contributed by atoms with van der Waals surface area (Å²) in [5.74, 6) is 0.0226. The molecule has 16 heavy (non-hydrogen) atoms. The topological polar surface area (TPSA) is 68.0 Å². The molecule has 1 amide bonds. The number of aryl methyl sites for hydroxylation is 1. The molecule has 3 N–H and O–H groups in total. The molecule has 1 unspecified atom stereocenters. The summed E-state index contributed by atoms with van der Waals surface area (Å²) < 4.78 is 0. The molecule has 1 heterocycles. The average Bonchev–Trinajstić information content (AvgIpc) is 2.28. The van der Waals surface area contributed by atoms with Gasteiger partial charge in [0, 0.05) is 24.4 Å². The maximum Gasteiger partial charge on any atom is 0.223 e. The lowest BCUT2D eigenvalue weighted by atomic mass is 10.1. The highest BCUT2D eigenvalue weighted by Crippen LogP contribution is 2.02. The molecule has 0 spiro atoms. The van der Waals surface area contributed by atoms with E-state index in [9.17, 15) is 4.79 Å². The monoisotopic (exact) mass is 221 g/mol. The molecule has 0 aliphatic carbocycles. The van der Waals surface area contributed by atoms with Gasteiger partial charge < -0.3 is 11.1 Å². The lowest BCUT2D eigenvalue weighted by molar-refractivity contribution is -0.124. The van der Waals surface area contributed by atoms with E-state index >= 15 is 0 Å². The summed E-state index contributed by atoms with van der Waals surface area (Å²) in [4.78, 5) is 15.8. The minimum Gasteiger partial charge on any atom is -0.352 e. The van der Waals surface area contributed by atoms with Crippen molar-refractivity contribution in [3.05, 3.63) is 29.6 Å². The van der Waals surface area contributed by atoms with E-state index in [1.807, 2.05) is 26.0 Å². The summed E-state index contributed by atoms with van der Waals surface area (Å²) in [7, 11) is 0. The van der Waals surface area contributed by atoms with E-state index in [4.69, 9.17) is 5.73 Å². The van der Waals surface area contributed by atoms with Crippen molar-refractivity contribution in [2.75, 3.05) is 6.54 Å². The van der Waals surface area contributed by atoms with Crippen LogP contribution < -0.4 is 11.1 Å². The van der Waals surface area contributed by atoms with Crippen LogP contribution in [0.25, 0.3) is 0 Å². The molecule has 0 aliphatic heterocycles. The van der Waals surface area contributed by atoms with Crippen LogP contribution in [0.1, 0.15) is 24.6 Å². The largest absolute Gasteiger partial charge is 0.352 e. The van der Waals surface area contributed by atoms with Crippen LogP contribution in [0.3, 0.4) is 0 Å². The van der Waals surface area contributed by atoms with E-state index in [1.54, 1.807) is 6.20 Å². The Morgan fingerprint density at radius 2 is 2.31 bits per heavy atom. The number of carbonyl (C=O) groups excluding carboxylic acids is 1. The van der Waals surface area contributed by atoms with Gasteiger partial charge in [0.15, 0.2) is 0 Å². The summed E-state index contributed by atoms with van der Waals surface area (Å²) in [5, 5.41) is 2.87. The maximum atomic E-state index is 11.6. The Morgan fingerprint density at radius 1 is 1.56 bits per heavy atom. The number of pyridine rings is 1. The van der Waals surface area contributed by atoms with Crippen molar-refractivity contribution in [3.8, 4) is 0 Å². The predicted molar refractivity (Wildman–Crippen MR) is 63.7 cm³/mol. The van der Waals surface area contributed by atoms with E-state index in [1.165, 1.54) is 0 Å². The highest BCUT2D eigenvalue weighted by molar-refractivity contribution is 5.78. The lowest BCUT2D eigenvalue weighted by Gasteiger charge is -2.10. The van der Waals surface area contributed by atoms with Crippen molar-refractivity contribution in [3.63, 3.8) is 0 Å². The predicted octanol–water partition coefficient (Wildman–Crippen LogP) is 0.991. The third-order valence-corrected chi connectivity index (χ3v) is 2.49. The van der Waals surface area contributed by atoms with Crippen LogP contribution in [0.2, 0.25) is 0 Å². The third-order valence-electron chi connectivity index (χ3n) is 2.49. The molecular formula is C12H19N3O. The van der Waals surface area contributed by atoms with Gasteiger partial charge in [-0.05, 0) is 31.5 Å². The number of nitrogens with one attached hydrogen (secondary N) is 1. The SMILES string of the molecule is Cc1ccc(CNC(=O)C(C)CCN)cn1. The number of amides is 1. The number of nitrogens with two attached hydrogens (primary N) is 1. The van der Waals surface area contributed by atoms with Crippen LogP contribution >= 0.6 is 0 Å². The Hall–Kier alpha value is -1.42. The Bertz CT molecular complexity index is 335. The maximum absolute atomic E-state index is 11.6. The number of rotatable bonds is 5. The molecule has 0 bridgehead atoms. The normalized spacial score (nSPS) is 12.2. The van der Waals surface area contributed by atoms with Crippen LogP contribution in [0.5, 0.6) is 0 Å². The van der Waals surface area contributed by atoms with Crippen molar-refractivity contribution in [1.82, 2.24) is 10.3 Å². The number of hydrogen-bond donors (Lipinski definition) is 2. The van der Waals surface area contributed by atoms with Gasteiger partial charge in [0.05, 0.1) is 0 Å². The summed E-state index contributed by atoms with van der Waals surface area (Å²) in [5.41, 5.74) is 7.39. The Balaban J connectivity index is 2.39. The zero-order chi connectivity index (χ0) is 12.0. The number of aromatic nitrogens is 1. The molecule has 0 radical (unpaired) electrons. The zero-order valence-corrected chi connectivity index (χ0v) is 9.86. The van der Waals surface area contributed by atoms with E-state index in [-0.39, 0.29) is 11.8 Å². The first-order chi connectivity index (χ1) is 7.63. The summed E-state index contributed by atoms with van der Waals surface area (Å²) >= 11 is 0. The lowest BCUT2D eigenvalue weighted by Crippen LogP contribution is -2.29. The Morgan fingerprint density at radius 3 is 2.88 bits per heavy atom. The van der Waals surface area contributed by atoms with Gasteiger partial charge in [-0.2, -0.15) is 0 Å². The van der Waals surface area contributed by atoms with Crippen LogP contribution in [-0.2, 0) is 11.3 Å². The first kappa shape index (κ1) is 12.6. The van der Waals surface area contributed by atoms with Gasteiger partial charge in [-0.3, -0.25) is 9.78 Å². The summed E-state index contributed by atoms with van der Waals surface area (Å²) in [6.07, 6.45) is 2.50. The second-order valence-corrected chi connectivity index (χ2v) is 4.00. The molecule has 1 rings (SSSR count). The van der Waals surface area contributed by atoms with Crippen LogP contribution in [-0.4, -0.2) is 17.4 Å². The fourth-order valence-electron chi connectivity index (χ4n) is 1.35. The fraction of sp³-hybridized carbons (Fsp3) is 0.500. The van der Waals surface area contributed by atoms with Gasteiger partial charge in [-0.15, -0.1) is 0 Å². The molecule has 4 nitrogen and oxygen atoms in total. The van der Waals surface area contributed by atoms with Crippen LogP contribution in [0.4, 0.5) is 0 Å². The molecule has 0 aliphatic rings. The minimum absolute atomic E-state index is 0.0246. The van der Waals surface area contributed by atoms with Gasteiger partial charge in [-0.1, -0.05) is 13.0 Å². The molecule has 0 saturated carbocycles. The van der Waals surface area contributed by atoms with Crippen molar-refractivity contribution >= 4 is 5.91 Å². The molecule has 1 aromatic heterocycles. The Kier molecular flexibility index (Phi) is 4.92. The van der Waals surface area contributed by atoms with Crippen molar-refractivity contribution in [2.24, 2.45) is 11.7 Å². The van der Waals surface area contributed by atoms with E-state index < -0.39 is 0 Å². The van der Waals surface area contributed by atoms with Crippen molar-refractivity contribution in [1.29, 1.82) is 0 Å². The van der Waals surface area contributed by atoms with Gasteiger partial charge in [0.2, 0.25) is 5.91 Å². The average molecular weight is 221 g/mol. The second kappa shape index (κ2) is 6.23. The number of hydrogen-bond acceptors (Lipinski definition) is 3. The summed E-state index contributed by atoms with van der Waals surface area (Å²) in [6, 6.07) is 3.90. The zero-order valence-electron chi connectivity index (χ0n) is 9.86. The van der Waals surface area contributed by atoms with Crippen LogP contribution in [0.15, 0.2) is 18.3 Å². The molecule has 1 atom stereocenters. The van der Waals surface area contributed by atoms with Crippen molar-refractivity contribution in [2.45, 2.75) is 26.8 Å². The summed E-state index contributed by atoms with van der Waals surface area (Å²) in [6.45, 7) is 4.89. The van der Waals surface area contributed by atoms with Crippen molar-refractivity contribution < 1.29 is 4.79 Å². The van der Waals surface area contributed by atoms with E-state index in [0.29, 0.717) is 13.1 Å². The molecule has 0 aromatic carbocycles. The third kappa shape index (κ3) is 3.98.